The average Bonchev–Trinajstić information content (AvgIpc) is 3.14. The van der Waals surface area contributed by atoms with Crippen LogP contribution in [0.15, 0.2) is 53.3 Å². The molecule has 6 nitrogen and oxygen atoms in total. The molecule has 0 radical (unpaired) electrons. The van der Waals surface area contributed by atoms with Gasteiger partial charge in [-0.3, -0.25) is 9.78 Å². The Morgan fingerprint density at radius 3 is 2.65 bits per heavy atom. The average molecular weight is 350 g/mol. The number of aromatic nitrogens is 3. The van der Waals surface area contributed by atoms with Gasteiger partial charge in [-0.1, -0.05) is 29.4 Å². The molecule has 0 aliphatic carbocycles. The molecule has 1 amide bonds. The number of hydrogen-bond acceptors (Lipinski definition) is 5. The summed E-state index contributed by atoms with van der Waals surface area (Å²) in [5.41, 5.74) is 3.20. The van der Waals surface area contributed by atoms with Crippen molar-refractivity contribution < 1.29 is 9.32 Å². The summed E-state index contributed by atoms with van der Waals surface area (Å²) in [4.78, 5) is 22.4. The Kier molecular flexibility index (Phi) is 5.73. The van der Waals surface area contributed by atoms with Gasteiger partial charge in [0, 0.05) is 44.4 Å². The molecule has 26 heavy (non-hydrogen) atoms. The zero-order chi connectivity index (χ0) is 18.4. The number of hydrogen-bond donors (Lipinski definition) is 0. The van der Waals surface area contributed by atoms with Crippen molar-refractivity contribution in [1.82, 2.24) is 20.0 Å². The van der Waals surface area contributed by atoms with E-state index in [2.05, 4.69) is 15.1 Å². The molecule has 0 bridgehead atoms. The van der Waals surface area contributed by atoms with Crippen molar-refractivity contribution >= 4 is 5.91 Å². The first kappa shape index (κ1) is 17.8. The molecular formula is C20H22N4O2. The molecule has 0 atom stereocenters. The van der Waals surface area contributed by atoms with Crippen molar-refractivity contribution in [3.8, 4) is 11.4 Å². The normalized spacial score (nSPS) is 10.7. The molecule has 0 saturated heterocycles. The standard InChI is InChI=1S/C20H22N4O2/c1-15-5-3-4-6-17(15)20-22-18(26-23-20)7-8-19(25)24(2)14-11-16-9-12-21-13-10-16/h3-6,9-10,12-13H,7-8,11,14H2,1-2H3. The number of aryl methyl sites for hydroxylation is 2. The van der Waals surface area contributed by atoms with E-state index in [1.807, 2.05) is 50.4 Å². The maximum Gasteiger partial charge on any atom is 0.227 e. The second-order valence-corrected chi connectivity index (χ2v) is 6.25. The molecule has 3 aromatic rings. The Hall–Kier alpha value is -3.02. The van der Waals surface area contributed by atoms with E-state index in [1.54, 1.807) is 17.3 Å². The third-order valence-electron chi connectivity index (χ3n) is 4.32. The molecule has 6 heteroatoms. The second kappa shape index (κ2) is 8.38. The van der Waals surface area contributed by atoms with Gasteiger partial charge in [0.1, 0.15) is 0 Å². The lowest BCUT2D eigenvalue weighted by Crippen LogP contribution is -2.29. The molecule has 0 unspecified atom stereocenters. The van der Waals surface area contributed by atoms with Crippen molar-refractivity contribution in [2.45, 2.75) is 26.2 Å². The molecule has 134 valence electrons. The molecule has 0 saturated carbocycles. The molecule has 0 aliphatic heterocycles. The number of pyridine rings is 1. The number of amides is 1. The fourth-order valence-electron chi connectivity index (χ4n) is 2.67. The quantitative estimate of drug-likeness (QED) is 0.655. The van der Waals surface area contributed by atoms with Gasteiger partial charge in [0.2, 0.25) is 17.6 Å². The number of carbonyl (C=O) groups excluding carboxylic acids is 1. The monoisotopic (exact) mass is 350 g/mol. The SMILES string of the molecule is Cc1ccccc1-c1noc(CCC(=O)N(C)CCc2ccncc2)n1. The minimum atomic E-state index is 0.0645. The maximum absolute atomic E-state index is 12.3. The summed E-state index contributed by atoms with van der Waals surface area (Å²) in [7, 11) is 1.82. The summed E-state index contributed by atoms with van der Waals surface area (Å²) in [5.74, 6) is 1.12. The van der Waals surface area contributed by atoms with Gasteiger partial charge < -0.3 is 9.42 Å². The molecule has 0 N–H and O–H groups in total. The van der Waals surface area contributed by atoms with Gasteiger partial charge in [0.05, 0.1) is 0 Å². The number of rotatable bonds is 7. The van der Waals surface area contributed by atoms with Gasteiger partial charge in [-0.15, -0.1) is 0 Å². The highest BCUT2D eigenvalue weighted by Gasteiger charge is 2.14. The van der Waals surface area contributed by atoms with Crippen LogP contribution in [0, 0.1) is 6.92 Å². The Morgan fingerprint density at radius 1 is 1.12 bits per heavy atom. The summed E-state index contributed by atoms with van der Waals surface area (Å²) >= 11 is 0. The van der Waals surface area contributed by atoms with E-state index in [0.29, 0.717) is 31.1 Å². The zero-order valence-electron chi connectivity index (χ0n) is 15.1. The first-order valence-corrected chi connectivity index (χ1v) is 8.65. The van der Waals surface area contributed by atoms with E-state index < -0.39 is 0 Å². The lowest BCUT2D eigenvalue weighted by Gasteiger charge is -2.16. The van der Waals surface area contributed by atoms with Crippen LogP contribution in [0.1, 0.15) is 23.4 Å². The van der Waals surface area contributed by atoms with Crippen LogP contribution in [0.2, 0.25) is 0 Å². The summed E-state index contributed by atoms with van der Waals surface area (Å²) in [6.07, 6.45) is 5.12. The van der Waals surface area contributed by atoms with Crippen molar-refractivity contribution in [2.24, 2.45) is 0 Å². The van der Waals surface area contributed by atoms with Crippen molar-refractivity contribution in [3.05, 3.63) is 65.8 Å². The Labute approximate surface area is 152 Å². The largest absolute Gasteiger partial charge is 0.345 e. The van der Waals surface area contributed by atoms with E-state index >= 15 is 0 Å². The van der Waals surface area contributed by atoms with Gasteiger partial charge in [0.15, 0.2) is 0 Å². The van der Waals surface area contributed by atoms with Crippen LogP contribution < -0.4 is 0 Å². The van der Waals surface area contributed by atoms with E-state index in [4.69, 9.17) is 4.52 Å². The summed E-state index contributed by atoms with van der Waals surface area (Å²) in [6, 6.07) is 11.8. The lowest BCUT2D eigenvalue weighted by molar-refractivity contribution is -0.129. The molecule has 0 aliphatic rings. The maximum atomic E-state index is 12.3. The first-order valence-electron chi connectivity index (χ1n) is 8.65. The van der Waals surface area contributed by atoms with Crippen LogP contribution in [-0.2, 0) is 17.6 Å². The molecular weight excluding hydrogens is 328 g/mol. The van der Waals surface area contributed by atoms with Crippen molar-refractivity contribution in [1.29, 1.82) is 0 Å². The van der Waals surface area contributed by atoms with E-state index in [-0.39, 0.29) is 5.91 Å². The fourth-order valence-corrected chi connectivity index (χ4v) is 2.67. The lowest BCUT2D eigenvalue weighted by atomic mass is 10.1. The highest BCUT2D eigenvalue weighted by Crippen LogP contribution is 2.20. The van der Waals surface area contributed by atoms with Gasteiger partial charge in [0.25, 0.3) is 0 Å². The van der Waals surface area contributed by atoms with E-state index in [9.17, 15) is 4.79 Å². The zero-order valence-corrected chi connectivity index (χ0v) is 15.1. The van der Waals surface area contributed by atoms with E-state index in [1.165, 1.54) is 5.56 Å². The minimum Gasteiger partial charge on any atom is -0.345 e. The highest BCUT2D eigenvalue weighted by atomic mass is 16.5. The van der Waals surface area contributed by atoms with Gasteiger partial charge in [-0.25, -0.2) is 0 Å². The second-order valence-electron chi connectivity index (χ2n) is 6.25. The minimum absolute atomic E-state index is 0.0645. The molecule has 2 aromatic heterocycles. The Balaban J connectivity index is 1.51. The predicted molar refractivity (Wildman–Crippen MR) is 98.4 cm³/mol. The summed E-state index contributed by atoms with van der Waals surface area (Å²) in [5, 5.41) is 4.03. The highest BCUT2D eigenvalue weighted by molar-refractivity contribution is 5.76. The van der Waals surface area contributed by atoms with Crippen LogP contribution in [0.5, 0.6) is 0 Å². The topological polar surface area (TPSA) is 72.1 Å². The Bertz CT molecular complexity index is 861. The smallest absolute Gasteiger partial charge is 0.227 e. The number of likely N-dealkylation sites (N-methyl/N-ethyl adjacent to an activating group) is 1. The van der Waals surface area contributed by atoms with Crippen LogP contribution in [0.3, 0.4) is 0 Å². The van der Waals surface area contributed by atoms with Crippen molar-refractivity contribution in [2.75, 3.05) is 13.6 Å². The third-order valence-corrected chi connectivity index (χ3v) is 4.32. The third kappa shape index (κ3) is 4.53. The molecule has 3 rings (SSSR count). The van der Waals surface area contributed by atoms with Crippen LogP contribution in [0.25, 0.3) is 11.4 Å². The van der Waals surface area contributed by atoms with Crippen LogP contribution in [0.4, 0.5) is 0 Å². The molecule has 1 aromatic carbocycles. The molecule has 0 fully saturated rings. The van der Waals surface area contributed by atoms with Crippen molar-refractivity contribution in [3.63, 3.8) is 0 Å². The fraction of sp³-hybridized carbons (Fsp3) is 0.300. The number of nitrogens with zero attached hydrogens (tertiary/aromatic N) is 4. The molecule has 0 spiro atoms. The van der Waals surface area contributed by atoms with E-state index in [0.717, 1.165) is 17.5 Å². The Morgan fingerprint density at radius 2 is 1.88 bits per heavy atom. The summed E-state index contributed by atoms with van der Waals surface area (Å²) < 4.78 is 5.29. The number of benzene rings is 1. The number of carbonyl (C=O) groups is 1. The van der Waals surface area contributed by atoms with Gasteiger partial charge >= 0.3 is 0 Å². The molecule has 2 heterocycles. The summed E-state index contributed by atoms with van der Waals surface area (Å²) in [6.45, 7) is 2.67. The van der Waals surface area contributed by atoms with Crippen LogP contribution in [-0.4, -0.2) is 39.5 Å². The first-order chi connectivity index (χ1) is 12.6. The predicted octanol–water partition coefficient (Wildman–Crippen LogP) is 3.07. The van der Waals surface area contributed by atoms with Crippen LogP contribution >= 0.6 is 0 Å². The van der Waals surface area contributed by atoms with Gasteiger partial charge in [-0.2, -0.15) is 4.98 Å². The van der Waals surface area contributed by atoms with Gasteiger partial charge in [-0.05, 0) is 36.6 Å².